The van der Waals surface area contributed by atoms with E-state index in [-0.39, 0.29) is 10.8 Å². The number of rotatable bonds is 5. The lowest BCUT2D eigenvalue weighted by Crippen LogP contribution is -2.72. The van der Waals surface area contributed by atoms with Crippen molar-refractivity contribution in [2.45, 2.75) is 52.4 Å². The molecular formula is C56H49NSi. The highest BCUT2D eigenvalue weighted by Crippen LogP contribution is 2.39. The largest absolute Gasteiger partial charge is 0.309 e. The Morgan fingerprint density at radius 2 is 0.793 bits per heavy atom. The molecule has 2 heteroatoms. The van der Waals surface area contributed by atoms with Crippen molar-refractivity contribution in [1.29, 1.82) is 0 Å². The van der Waals surface area contributed by atoms with Crippen LogP contribution in [0.15, 0.2) is 188 Å². The van der Waals surface area contributed by atoms with Crippen LogP contribution >= 0.6 is 0 Å². The third-order valence-corrected chi connectivity index (χ3v) is 17.5. The highest BCUT2D eigenvalue weighted by atomic mass is 28.3. The van der Waals surface area contributed by atoms with Gasteiger partial charge in [0.05, 0.1) is 11.0 Å². The van der Waals surface area contributed by atoms with Crippen molar-refractivity contribution in [3.05, 3.63) is 199 Å². The molecule has 0 spiro atoms. The second-order valence-electron chi connectivity index (χ2n) is 18.2. The molecule has 282 valence electrons. The maximum atomic E-state index is 2.54. The summed E-state index contributed by atoms with van der Waals surface area (Å²) in [5.74, 6) is 0. The summed E-state index contributed by atoms with van der Waals surface area (Å²) in [4.78, 5) is 0. The van der Waals surface area contributed by atoms with Crippen molar-refractivity contribution >= 4 is 50.6 Å². The number of aromatic nitrogens is 1. The molecule has 10 rings (SSSR count). The van der Waals surface area contributed by atoms with Gasteiger partial charge in [-0.1, -0.05) is 205 Å². The molecule has 8 aromatic carbocycles. The summed E-state index contributed by atoms with van der Waals surface area (Å²) >= 11 is 0. The van der Waals surface area contributed by atoms with Crippen LogP contribution in [0.1, 0.15) is 52.7 Å². The second-order valence-corrected chi connectivity index (χ2v) is 21.9. The van der Waals surface area contributed by atoms with E-state index in [0.717, 1.165) is 0 Å². The summed E-state index contributed by atoms with van der Waals surface area (Å²) in [6.45, 7) is 13.9. The Labute approximate surface area is 344 Å². The molecule has 1 nitrogen and oxygen atoms in total. The molecule has 1 aromatic heterocycles. The van der Waals surface area contributed by atoms with Crippen molar-refractivity contribution in [2.24, 2.45) is 0 Å². The van der Waals surface area contributed by atoms with Crippen LogP contribution < -0.4 is 20.7 Å². The van der Waals surface area contributed by atoms with Gasteiger partial charge in [0.15, 0.2) is 8.07 Å². The van der Waals surface area contributed by atoms with Crippen LogP contribution in [0.5, 0.6) is 0 Å². The molecule has 9 aromatic rings. The Morgan fingerprint density at radius 1 is 0.362 bits per heavy atom. The van der Waals surface area contributed by atoms with E-state index in [9.17, 15) is 0 Å². The molecule has 58 heavy (non-hydrogen) atoms. The van der Waals surface area contributed by atoms with E-state index in [1.54, 1.807) is 0 Å². The fraction of sp³-hybridized carbons (Fsp3) is 0.143. The van der Waals surface area contributed by atoms with Crippen molar-refractivity contribution < 1.29 is 0 Å². The van der Waals surface area contributed by atoms with E-state index in [1.165, 1.54) is 92.7 Å². The van der Waals surface area contributed by atoms with Gasteiger partial charge in [-0.3, -0.25) is 0 Å². The molecular weight excluding hydrogens is 715 g/mol. The Kier molecular flexibility index (Phi) is 8.37. The average molecular weight is 764 g/mol. The van der Waals surface area contributed by atoms with E-state index < -0.39 is 8.07 Å². The number of hydrogen-bond acceptors (Lipinski definition) is 0. The summed E-state index contributed by atoms with van der Waals surface area (Å²) in [6.07, 6.45) is 0. The minimum atomic E-state index is -2.77. The molecule has 0 saturated heterocycles. The number of hydrogen-bond donors (Lipinski definition) is 0. The molecule has 0 amide bonds. The Morgan fingerprint density at radius 3 is 1.28 bits per heavy atom. The maximum absolute atomic E-state index is 2.77. The number of nitrogens with zero attached hydrogens (tertiary/aromatic N) is 1. The summed E-state index contributed by atoms with van der Waals surface area (Å²) in [5.41, 5.74) is 14.1. The van der Waals surface area contributed by atoms with Gasteiger partial charge in [-0.2, -0.15) is 0 Å². The van der Waals surface area contributed by atoms with Crippen molar-refractivity contribution in [2.75, 3.05) is 0 Å². The molecule has 0 radical (unpaired) electrons. The highest BCUT2D eigenvalue weighted by Gasteiger charge is 2.48. The first-order valence-corrected chi connectivity index (χ1v) is 22.7. The minimum absolute atomic E-state index is 0.0280. The normalized spacial score (nSPS) is 13.5. The fourth-order valence-corrected chi connectivity index (χ4v) is 14.6. The Bertz CT molecular complexity index is 2820. The summed E-state index contributed by atoms with van der Waals surface area (Å²) < 4.78 is 2.54. The van der Waals surface area contributed by atoms with Gasteiger partial charge in [0.1, 0.15) is 0 Å². The Balaban J connectivity index is 1.24. The summed E-state index contributed by atoms with van der Waals surface area (Å²) in [5, 5.41) is 8.30. The fourth-order valence-electron chi connectivity index (χ4n) is 9.52. The van der Waals surface area contributed by atoms with Crippen LogP contribution in [-0.2, 0) is 10.8 Å². The molecule has 0 aliphatic carbocycles. The van der Waals surface area contributed by atoms with Gasteiger partial charge in [-0.25, -0.2) is 0 Å². The SMILES string of the molecule is CC(C)(C)c1ccc2c3ccc(C(C)(C)C)cc3n(-c3ccc4c(c3)-c3ccccc3[Si]4(c3ccc(-c4ccccc4)cc3)c3ccc(-c4ccccc4)cc3)c2c1. The van der Waals surface area contributed by atoms with Gasteiger partial charge in [0.25, 0.3) is 0 Å². The van der Waals surface area contributed by atoms with Gasteiger partial charge in [0, 0.05) is 16.5 Å². The molecule has 0 atom stereocenters. The smallest absolute Gasteiger partial charge is 0.180 e. The molecule has 1 aliphatic rings. The van der Waals surface area contributed by atoms with Gasteiger partial charge >= 0.3 is 0 Å². The standard InChI is InChI=1S/C56H49NSi/c1-55(2,3)42-25-32-47-48-33-26-43(56(4,5)6)36-52(48)57(51(47)35-42)44-27-34-54-50(37-44)49-19-13-14-20-53(49)58(54,45-28-21-40(22-29-45)38-15-9-7-10-16-38)46-30-23-41(24-31-46)39-17-11-8-12-18-39/h7-37H,1-6H3. The average Bonchev–Trinajstić information content (AvgIpc) is 3.73. The third kappa shape index (κ3) is 5.73. The quantitative estimate of drug-likeness (QED) is 0.154. The lowest BCUT2D eigenvalue weighted by atomic mass is 9.86. The molecule has 1 aliphatic heterocycles. The van der Waals surface area contributed by atoms with E-state index >= 15 is 0 Å². The number of benzene rings is 8. The first kappa shape index (κ1) is 36.1. The van der Waals surface area contributed by atoms with Crippen LogP contribution in [0.4, 0.5) is 0 Å². The van der Waals surface area contributed by atoms with Crippen LogP contribution in [0.3, 0.4) is 0 Å². The molecule has 2 heterocycles. The van der Waals surface area contributed by atoms with Gasteiger partial charge in [0.2, 0.25) is 0 Å². The first-order chi connectivity index (χ1) is 28.0. The van der Waals surface area contributed by atoms with E-state index in [0.29, 0.717) is 0 Å². The van der Waals surface area contributed by atoms with E-state index in [4.69, 9.17) is 0 Å². The zero-order valence-electron chi connectivity index (χ0n) is 34.3. The van der Waals surface area contributed by atoms with Gasteiger partial charge < -0.3 is 4.57 Å². The molecule has 0 unspecified atom stereocenters. The third-order valence-electron chi connectivity index (χ3n) is 12.6. The van der Waals surface area contributed by atoms with Crippen molar-refractivity contribution in [1.82, 2.24) is 4.57 Å². The first-order valence-electron chi connectivity index (χ1n) is 20.7. The number of fused-ring (bicyclic) bond motifs is 6. The molecule has 0 fully saturated rings. The van der Waals surface area contributed by atoms with Crippen LogP contribution in [0.2, 0.25) is 0 Å². The minimum Gasteiger partial charge on any atom is -0.309 e. The van der Waals surface area contributed by atoms with Crippen LogP contribution in [0, 0.1) is 0 Å². The lowest BCUT2D eigenvalue weighted by Gasteiger charge is -2.31. The Hall–Kier alpha value is -6.22. The zero-order valence-corrected chi connectivity index (χ0v) is 35.3. The van der Waals surface area contributed by atoms with Crippen LogP contribution in [-0.4, -0.2) is 12.6 Å². The van der Waals surface area contributed by atoms with Crippen LogP contribution in [0.25, 0.3) is 60.9 Å². The topological polar surface area (TPSA) is 4.93 Å². The predicted octanol–water partition coefficient (Wildman–Crippen LogP) is 12.1. The van der Waals surface area contributed by atoms with Crippen molar-refractivity contribution in [3.63, 3.8) is 0 Å². The second kappa shape index (κ2) is 13.4. The zero-order chi connectivity index (χ0) is 39.8. The maximum Gasteiger partial charge on any atom is 0.180 e. The molecule has 0 saturated carbocycles. The van der Waals surface area contributed by atoms with E-state index in [2.05, 4.69) is 234 Å². The van der Waals surface area contributed by atoms with Gasteiger partial charge in [-0.15, -0.1) is 0 Å². The highest BCUT2D eigenvalue weighted by molar-refractivity contribution is 7.22. The molecule has 0 N–H and O–H groups in total. The summed E-state index contributed by atoms with van der Waals surface area (Å²) in [6, 6.07) is 71.5. The summed E-state index contributed by atoms with van der Waals surface area (Å²) in [7, 11) is -2.77. The monoisotopic (exact) mass is 763 g/mol. The van der Waals surface area contributed by atoms with E-state index in [1.807, 2.05) is 0 Å². The van der Waals surface area contributed by atoms with Crippen molar-refractivity contribution in [3.8, 4) is 39.1 Å². The van der Waals surface area contributed by atoms with Gasteiger partial charge in [-0.05, 0) is 100 Å². The lowest BCUT2D eigenvalue weighted by molar-refractivity contribution is 0.591. The predicted molar refractivity (Wildman–Crippen MR) is 252 cm³/mol. The molecule has 0 bridgehead atoms.